The van der Waals surface area contributed by atoms with Gasteiger partial charge in [0.15, 0.2) is 11.5 Å². The maximum absolute atomic E-state index is 12.7. The van der Waals surface area contributed by atoms with E-state index >= 15 is 0 Å². The highest BCUT2D eigenvalue weighted by Gasteiger charge is 2.34. The molecular formula is C41H47ClN4O3S. The minimum Gasteiger partial charge on any atom is -0.493 e. The molecule has 1 aliphatic heterocycles. The number of hydrogen-bond acceptors (Lipinski definition) is 7. The molecule has 2 heterocycles. The Hall–Kier alpha value is -3.72. The zero-order chi connectivity index (χ0) is 34.6. The maximum Gasteiger partial charge on any atom is 0.220 e. The molecule has 2 aliphatic carbocycles. The van der Waals surface area contributed by atoms with Gasteiger partial charge in [0.1, 0.15) is 0 Å². The number of allylic oxidation sites excluding steroid dienone is 2. The van der Waals surface area contributed by atoms with Crippen LogP contribution < -0.4 is 20.5 Å². The molecular weight excluding hydrogens is 664 g/mol. The number of thioether (sulfide) groups is 1. The van der Waals surface area contributed by atoms with Crippen LogP contribution in [0.25, 0.3) is 10.9 Å². The minimum absolute atomic E-state index is 0.141. The summed E-state index contributed by atoms with van der Waals surface area (Å²) in [5.74, 6) is 4.40. The van der Waals surface area contributed by atoms with E-state index in [1.165, 1.54) is 27.8 Å². The highest BCUT2D eigenvalue weighted by atomic mass is 35.5. The molecule has 262 valence electrons. The normalized spacial score (nSPS) is 19.7. The molecule has 1 amide bonds. The van der Waals surface area contributed by atoms with Gasteiger partial charge in [-0.25, -0.2) is 0 Å². The molecule has 1 aromatic heterocycles. The Labute approximate surface area is 305 Å². The van der Waals surface area contributed by atoms with E-state index in [2.05, 4.69) is 58.8 Å². The molecule has 0 spiro atoms. The lowest BCUT2D eigenvalue weighted by Crippen LogP contribution is -2.37. The molecule has 0 radical (unpaired) electrons. The van der Waals surface area contributed by atoms with Crippen molar-refractivity contribution in [2.75, 3.05) is 51.1 Å². The molecule has 4 aromatic rings. The van der Waals surface area contributed by atoms with Crippen LogP contribution in [0.4, 0.5) is 5.69 Å². The largest absolute Gasteiger partial charge is 0.493 e. The topological polar surface area (TPSA) is 89.7 Å². The number of hydrogen-bond donors (Lipinski definition) is 2. The SMILES string of the molecule is COc1cc2c(cc1OC)C(c1ccccc1)N(CCSCCC(=O)NCCCC1=C[C@H]3Cc4nc5cc(Cl)ccc5c(N)c4[C@H](C1)C3)CC2. The van der Waals surface area contributed by atoms with Gasteiger partial charge in [0.25, 0.3) is 0 Å². The van der Waals surface area contributed by atoms with Crippen molar-refractivity contribution in [1.82, 2.24) is 15.2 Å². The third-order valence-electron chi connectivity index (χ3n) is 10.6. The lowest BCUT2D eigenvalue weighted by Gasteiger charge is -2.38. The van der Waals surface area contributed by atoms with Gasteiger partial charge in [-0.3, -0.25) is 14.7 Å². The third-order valence-corrected chi connectivity index (χ3v) is 11.8. The number of halogens is 1. The molecule has 7 rings (SSSR count). The number of fused-ring (bicyclic) bond motifs is 6. The predicted octanol–water partition coefficient (Wildman–Crippen LogP) is 8.13. The Kier molecular flexibility index (Phi) is 10.9. The molecule has 0 saturated heterocycles. The molecule has 3 aromatic carbocycles. The number of nitrogens with two attached hydrogens (primary N) is 1. The van der Waals surface area contributed by atoms with Crippen molar-refractivity contribution < 1.29 is 14.3 Å². The summed E-state index contributed by atoms with van der Waals surface area (Å²) >= 11 is 8.10. The highest BCUT2D eigenvalue weighted by molar-refractivity contribution is 7.99. The number of rotatable bonds is 13. The molecule has 3 atom stereocenters. The maximum atomic E-state index is 12.7. The fourth-order valence-electron chi connectivity index (χ4n) is 8.32. The quantitative estimate of drug-likeness (QED) is 0.107. The number of amides is 1. The lowest BCUT2D eigenvalue weighted by molar-refractivity contribution is -0.120. The number of anilines is 1. The summed E-state index contributed by atoms with van der Waals surface area (Å²) in [5.41, 5.74) is 16.2. The zero-order valence-corrected chi connectivity index (χ0v) is 30.6. The molecule has 1 unspecified atom stereocenters. The van der Waals surface area contributed by atoms with Gasteiger partial charge >= 0.3 is 0 Å². The van der Waals surface area contributed by atoms with Crippen molar-refractivity contribution in [2.24, 2.45) is 5.92 Å². The summed E-state index contributed by atoms with van der Waals surface area (Å²) in [4.78, 5) is 20.3. The van der Waals surface area contributed by atoms with E-state index in [9.17, 15) is 4.79 Å². The summed E-state index contributed by atoms with van der Waals surface area (Å²) < 4.78 is 11.3. The van der Waals surface area contributed by atoms with Crippen LogP contribution in [0.1, 0.15) is 72.0 Å². The molecule has 0 saturated carbocycles. The van der Waals surface area contributed by atoms with E-state index < -0.39 is 0 Å². The standard InChI is InChI=1S/C41H47ClN4O3S/c1-48-36-23-29-12-15-46(41(28-8-4-3-5-9-28)33(29)25-37(36)49-2)16-18-50-17-13-38(47)44-14-6-7-26-19-27-21-30(20-26)39-35(22-27)45-34-24-31(42)10-11-32(34)40(39)43/h3-5,8-11,19,23-25,27,30,41H,6-7,12-18,20-22H2,1-2H3,(H2,43,45)(H,44,47)/t27-,30-,41?/m1/s1. The van der Waals surface area contributed by atoms with Gasteiger partial charge in [-0.05, 0) is 97.4 Å². The van der Waals surface area contributed by atoms with Gasteiger partial charge < -0.3 is 20.5 Å². The average molecular weight is 711 g/mol. The van der Waals surface area contributed by atoms with Crippen LogP contribution in [0.2, 0.25) is 5.02 Å². The second-order valence-corrected chi connectivity index (χ2v) is 15.5. The first-order chi connectivity index (χ1) is 24.4. The van der Waals surface area contributed by atoms with Crippen molar-refractivity contribution in [3.63, 3.8) is 0 Å². The average Bonchev–Trinajstić information content (AvgIpc) is 3.12. The minimum atomic E-state index is 0.141. The monoisotopic (exact) mass is 710 g/mol. The van der Waals surface area contributed by atoms with Gasteiger partial charge in [-0.1, -0.05) is 53.6 Å². The Bertz CT molecular complexity index is 1880. The summed E-state index contributed by atoms with van der Waals surface area (Å²) in [6.45, 7) is 2.64. The summed E-state index contributed by atoms with van der Waals surface area (Å²) in [6, 6.07) is 21.0. The molecule has 3 aliphatic rings. The van der Waals surface area contributed by atoms with E-state index in [1.54, 1.807) is 14.2 Å². The van der Waals surface area contributed by atoms with E-state index in [-0.39, 0.29) is 11.9 Å². The molecule has 0 fully saturated rings. The van der Waals surface area contributed by atoms with Gasteiger partial charge in [0, 0.05) is 64.9 Å². The number of nitrogens with one attached hydrogen (secondary N) is 1. The lowest BCUT2D eigenvalue weighted by atomic mass is 9.70. The van der Waals surface area contributed by atoms with Crippen molar-refractivity contribution in [1.29, 1.82) is 0 Å². The van der Waals surface area contributed by atoms with Gasteiger partial charge in [-0.15, -0.1) is 0 Å². The number of ether oxygens (including phenoxy) is 2. The van der Waals surface area contributed by atoms with Crippen LogP contribution >= 0.6 is 23.4 Å². The highest BCUT2D eigenvalue weighted by Crippen LogP contribution is 2.47. The number of carbonyl (C=O) groups is 1. The van der Waals surface area contributed by atoms with Crippen LogP contribution in [0.5, 0.6) is 11.5 Å². The van der Waals surface area contributed by atoms with E-state index in [0.29, 0.717) is 29.8 Å². The number of pyridine rings is 1. The predicted molar refractivity (Wildman–Crippen MR) is 206 cm³/mol. The van der Waals surface area contributed by atoms with Gasteiger partial charge in [-0.2, -0.15) is 11.8 Å². The molecule has 7 nitrogen and oxygen atoms in total. The first-order valence-electron chi connectivity index (χ1n) is 17.9. The van der Waals surface area contributed by atoms with Crippen molar-refractivity contribution in [2.45, 2.75) is 56.9 Å². The van der Waals surface area contributed by atoms with Crippen LogP contribution in [-0.2, 0) is 17.6 Å². The van der Waals surface area contributed by atoms with E-state index in [4.69, 9.17) is 31.8 Å². The number of aromatic nitrogens is 1. The number of benzene rings is 3. The van der Waals surface area contributed by atoms with Crippen LogP contribution in [0, 0.1) is 5.92 Å². The first kappa shape index (κ1) is 34.7. The number of methoxy groups -OCH3 is 2. The van der Waals surface area contributed by atoms with E-state index in [0.717, 1.165) is 96.9 Å². The fraction of sp³-hybridized carbons (Fsp3) is 0.415. The first-order valence-corrected chi connectivity index (χ1v) is 19.4. The van der Waals surface area contributed by atoms with Crippen molar-refractivity contribution in [3.8, 4) is 11.5 Å². The van der Waals surface area contributed by atoms with Gasteiger partial charge in [0.2, 0.25) is 5.91 Å². The molecule has 3 N–H and O–H groups in total. The number of carbonyl (C=O) groups excluding carboxylic acids is 1. The molecule has 9 heteroatoms. The van der Waals surface area contributed by atoms with Gasteiger partial charge in [0.05, 0.1) is 25.8 Å². The summed E-state index contributed by atoms with van der Waals surface area (Å²) in [6.07, 6.45) is 9.03. The molecule has 2 bridgehead atoms. The fourth-order valence-corrected chi connectivity index (χ4v) is 9.38. The van der Waals surface area contributed by atoms with E-state index in [1.807, 2.05) is 30.0 Å². The third kappa shape index (κ3) is 7.48. The second kappa shape index (κ2) is 15.7. The van der Waals surface area contributed by atoms with Crippen LogP contribution in [0.15, 0.2) is 72.3 Å². The Morgan fingerprint density at radius 2 is 1.88 bits per heavy atom. The van der Waals surface area contributed by atoms with Crippen molar-refractivity contribution in [3.05, 3.63) is 105 Å². The van der Waals surface area contributed by atoms with Crippen LogP contribution in [0.3, 0.4) is 0 Å². The smallest absolute Gasteiger partial charge is 0.220 e. The summed E-state index contributed by atoms with van der Waals surface area (Å²) in [5, 5.41) is 4.86. The zero-order valence-electron chi connectivity index (χ0n) is 29.1. The Morgan fingerprint density at radius 1 is 1.06 bits per heavy atom. The number of nitrogens with zero attached hydrogens (tertiary/aromatic N) is 2. The Balaban J connectivity index is 0.855. The number of nitrogen functional groups attached to an aromatic ring is 1. The summed E-state index contributed by atoms with van der Waals surface area (Å²) in [7, 11) is 3.39. The van der Waals surface area contributed by atoms with Crippen LogP contribution in [-0.4, -0.2) is 61.2 Å². The Morgan fingerprint density at radius 3 is 2.70 bits per heavy atom. The second-order valence-electron chi connectivity index (χ2n) is 13.8. The molecule has 50 heavy (non-hydrogen) atoms. The van der Waals surface area contributed by atoms with Crippen molar-refractivity contribution >= 4 is 45.9 Å².